The highest BCUT2D eigenvalue weighted by atomic mass is 19.3. The first kappa shape index (κ1) is 14.1. The van der Waals surface area contributed by atoms with E-state index >= 15 is 0 Å². The van der Waals surface area contributed by atoms with Crippen LogP contribution < -0.4 is 5.32 Å². The lowest BCUT2D eigenvalue weighted by molar-refractivity contribution is -0.197. The zero-order chi connectivity index (χ0) is 13.7. The van der Waals surface area contributed by atoms with E-state index in [0.717, 1.165) is 4.90 Å². The zero-order valence-corrected chi connectivity index (χ0v) is 9.72. The van der Waals surface area contributed by atoms with Crippen LogP contribution in [-0.2, 0) is 19.3 Å². The van der Waals surface area contributed by atoms with Crippen molar-refractivity contribution in [3.8, 4) is 0 Å². The van der Waals surface area contributed by atoms with Crippen LogP contribution in [0.1, 0.15) is 6.92 Å². The minimum absolute atomic E-state index is 0.0135. The molecule has 0 aromatic carbocycles. The maximum absolute atomic E-state index is 12.0. The Hall–Kier alpha value is -1.96. The number of amides is 3. The van der Waals surface area contributed by atoms with Crippen LogP contribution in [-0.4, -0.2) is 42.2 Å². The Morgan fingerprint density at radius 2 is 2.28 bits per heavy atom. The Kier molecular flexibility index (Phi) is 4.78. The van der Waals surface area contributed by atoms with Crippen molar-refractivity contribution >= 4 is 17.9 Å². The minimum Gasteiger partial charge on any atom is -0.353 e. The van der Waals surface area contributed by atoms with E-state index < -0.39 is 30.1 Å². The van der Waals surface area contributed by atoms with Gasteiger partial charge in [-0.3, -0.25) is 14.6 Å². The number of carbonyl (C=O) groups is 3. The van der Waals surface area contributed by atoms with Gasteiger partial charge in [-0.25, -0.2) is 9.59 Å². The summed E-state index contributed by atoms with van der Waals surface area (Å²) in [6.45, 7) is 4.96. The molecule has 1 N–H and O–H groups in total. The van der Waals surface area contributed by atoms with Gasteiger partial charge in [-0.05, 0) is 6.92 Å². The van der Waals surface area contributed by atoms with E-state index in [1.54, 1.807) is 6.92 Å². The minimum atomic E-state index is -1.56. The molecule has 3 amide bonds. The van der Waals surface area contributed by atoms with Gasteiger partial charge < -0.3 is 10.1 Å². The van der Waals surface area contributed by atoms with Crippen molar-refractivity contribution < 1.29 is 28.6 Å². The lowest BCUT2D eigenvalue weighted by Gasteiger charge is -2.34. The molecule has 0 radical (unpaired) electrons. The van der Waals surface area contributed by atoms with Crippen LogP contribution >= 0.6 is 0 Å². The molecule has 1 aliphatic heterocycles. The van der Waals surface area contributed by atoms with Gasteiger partial charge in [0.15, 0.2) is 12.1 Å². The van der Waals surface area contributed by atoms with Crippen LogP contribution in [0.15, 0.2) is 12.7 Å². The molecule has 18 heavy (non-hydrogen) atoms. The van der Waals surface area contributed by atoms with Gasteiger partial charge in [0.1, 0.15) is 0 Å². The molecule has 1 fully saturated rings. The first-order valence-corrected chi connectivity index (χ1v) is 5.23. The molecule has 0 aliphatic carbocycles. The Morgan fingerprint density at radius 3 is 2.78 bits per heavy atom. The highest BCUT2D eigenvalue weighted by Crippen LogP contribution is 2.18. The van der Waals surface area contributed by atoms with Crippen molar-refractivity contribution in [2.24, 2.45) is 5.92 Å². The summed E-state index contributed by atoms with van der Waals surface area (Å²) in [4.78, 5) is 38.4. The van der Waals surface area contributed by atoms with Crippen molar-refractivity contribution in [1.29, 1.82) is 0 Å². The zero-order valence-electron chi connectivity index (χ0n) is 9.72. The van der Waals surface area contributed by atoms with Gasteiger partial charge >= 0.3 is 12.0 Å². The number of carbonyl (C=O) groups excluding carboxylic acids is 3. The summed E-state index contributed by atoms with van der Waals surface area (Å²) in [7, 11) is 0. The quantitative estimate of drug-likeness (QED) is 0.561. The van der Waals surface area contributed by atoms with E-state index in [4.69, 9.17) is 4.74 Å². The molecule has 2 unspecified atom stereocenters. The fourth-order valence-electron chi connectivity index (χ4n) is 1.56. The summed E-state index contributed by atoms with van der Waals surface area (Å²) < 4.78 is 17.0. The van der Waals surface area contributed by atoms with Gasteiger partial charge in [0.05, 0.1) is 6.61 Å². The predicted octanol–water partition coefficient (Wildman–Crippen LogP) is 0.131. The maximum Gasteiger partial charge on any atom is 0.365 e. The summed E-state index contributed by atoms with van der Waals surface area (Å²) in [5.74, 6) is -3.84. The average Bonchev–Trinajstić information content (AvgIpc) is 2.35. The normalized spacial score (nSPS) is 23.6. The Labute approximate surface area is 102 Å². The van der Waals surface area contributed by atoms with Gasteiger partial charge in [0.25, 0.3) is 0 Å². The number of rotatable bonds is 5. The van der Waals surface area contributed by atoms with Crippen molar-refractivity contribution in [1.82, 2.24) is 10.2 Å². The number of hydrogen-bond acceptors (Lipinski definition) is 5. The third kappa shape index (κ3) is 2.65. The van der Waals surface area contributed by atoms with Gasteiger partial charge in [0, 0.05) is 11.1 Å². The third-order valence-corrected chi connectivity index (χ3v) is 2.39. The number of imide groups is 1. The van der Waals surface area contributed by atoms with Crippen LogP contribution in [0.5, 0.6) is 0 Å². The highest BCUT2D eigenvalue weighted by molar-refractivity contribution is 6.07. The second-order valence-electron chi connectivity index (χ2n) is 3.45. The van der Waals surface area contributed by atoms with Crippen LogP contribution in [0.4, 0.5) is 9.32 Å². The fraction of sp³-hybridized carbons (Fsp3) is 0.500. The van der Waals surface area contributed by atoms with E-state index in [0.29, 0.717) is 0 Å². The molecular weight excluding hydrogens is 247 g/mol. The van der Waals surface area contributed by atoms with E-state index in [1.807, 2.05) is 0 Å². The lowest BCUT2D eigenvalue weighted by atomic mass is 10.0. The van der Waals surface area contributed by atoms with Crippen LogP contribution in [0.2, 0.25) is 0 Å². The summed E-state index contributed by atoms with van der Waals surface area (Å²) in [5, 5.41) is 2.28. The number of nitrogens with zero attached hydrogens (tertiary/aromatic N) is 1. The standard InChI is InChI=1S/C10H13FN2O5/c1-3-5-17-7-6(9(15)18-11)8(14)13(4-2)10(16)12-7/h3,6-7H,1,4-5H2,2H3,(H,12,16). The molecule has 1 rings (SSSR count). The first-order valence-electron chi connectivity index (χ1n) is 5.23. The van der Waals surface area contributed by atoms with E-state index in [1.165, 1.54) is 6.08 Å². The average molecular weight is 260 g/mol. The van der Waals surface area contributed by atoms with E-state index in [-0.39, 0.29) is 13.2 Å². The van der Waals surface area contributed by atoms with Gasteiger partial charge in [0.2, 0.25) is 5.91 Å². The topological polar surface area (TPSA) is 84.9 Å². The summed E-state index contributed by atoms with van der Waals surface area (Å²) in [5.41, 5.74) is 0. The SMILES string of the molecule is C=CCOC1NC(=O)N(CC)C(=O)C1C(=O)OF. The number of halogens is 1. The smallest absolute Gasteiger partial charge is 0.353 e. The second kappa shape index (κ2) is 6.10. The molecule has 0 aromatic rings. The molecule has 0 saturated carbocycles. The van der Waals surface area contributed by atoms with Crippen molar-refractivity contribution in [2.45, 2.75) is 13.2 Å². The van der Waals surface area contributed by atoms with Gasteiger partial charge in [-0.15, -0.1) is 6.58 Å². The second-order valence-corrected chi connectivity index (χ2v) is 3.45. The molecular formula is C10H13FN2O5. The molecule has 1 aliphatic rings. The van der Waals surface area contributed by atoms with E-state index in [2.05, 4.69) is 16.8 Å². The summed E-state index contributed by atoms with van der Waals surface area (Å²) in [6, 6.07) is -0.709. The van der Waals surface area contributed by atoms with Crippen LogP contribution in [0.25, 0.3) is 0 Å². The van der Waals surface area contributed by atoms with Crippen LogP contribution in [0, 0.1) is 5.92 Å². The highest BCUT2D eigenvalue weighted by Gasteiger charge is 2.47. The van der Waals surface area contributed by atoms with Crippen molar-refractivity contribution in [3.05, 3.63) is 12.7 Å². The molecule has 7 nitrogen and oxygen atoms in total. The summed E-state index contributed by atoms with van der Waals surface area (Å²) in [6.07, 6.45) is 0.0924. The largest absolute Gasteiger partial charge is 0.365 e. The number of urea groups is 1. The monoisotopic (exact) mass is 260 g/mol. The maximum atomic E-state index is 12.0. The van der Waals surface area contributed by atoms with Crippen molar-refractivity contribution in [2.75, 3.05) is 13.2 Å². The number of nitrogens with one attached hydrogen (secondary N) is 1. The third-order valence-electron chi connectivity index (χ3n) is 2.39. The Balaban J connectivity index is 2.94. The van der Waals surface area contributed by atoms with Crippen molar-refractivity contribution in [3.63, 3.8) is 0 Å². The van der Waals surface area contributed by atoms with Gasteiger partial charge in [-0.2, -0.15) is 0 Å². The molecule has 100 valence electrons. The fourth-order valence-corrected chi connectivity index (χ4v) is 1.56. The molecule has 0 spiro atoms. The van der Waals surface area contributed by atoms with Crippen LogP contribution in [0.3, 0.4) is 0 Å². The molecule has 1 heterocycles. The number of hydrogen-bond donors (Lipinski definition) is 1. The lowest BCUT2D eigenvalue weighted by Crippen LogP contribution is -2.62. The summed E-state index contributed by atoms with van der Waals surface area (Å²) >= 11 is 0. The Bertz CT molecular complexity index is 373. The molecule has 0 aromatic heterocycles. The van der Waals surface area contributed by atoms with Gasteiger partial charge in [-0.1, -0.05) is 6.08 Å². The molecule has 8 heteroatoms. The predicted molar refractivity (Wildman–Crippen MR) is 56.5 cm³/mol. The number of ether oxygens (including phenoxy) is 1. The Morgan fingerprint density at radius 1 is 1.61 bits per heavy atom. The molecule has 1 saturated heterocycles. The molecule has 0 bridgehead atoms. The van der Waals surface area contributed by atoms with E-state index in [9.17, 15) is 18.9 Å². The molecule has 2 atom stereocenters. The first-order chi connectivity index (χ1) is 8.56.